The molecule has 0 atom stereocenters. The maximum atomic E-state index is 15.3. The number of fused-ring (bicyclic) bond motifs is 1. The van der Waals surface area contributed by atoms with Crippen LogP contribution in [0.2, 0.25) is 0 Å². The van der Waals surface area contributed by atoms with Crippen LogP contribution in [0.1, 0.15) is 27.2 Å². The Morgan fingerprint density at radius 2 is 1.68 bits per heavy atom. The van der Waals surface area contributed by atoms with Crippen LogP contribution in [0.25, 0.3) is 33.4 Å². The Balaban J connectivity index is 0.000000810. The first-order chi connectivity index (χ1) is 19.0. The summed E-state index contributed by atoms with van der Waals surface area (Å²) in [5, 5.41) is 0.336. The minimum atomic E-state index is -3.70. The molecule has 0 saturated carbocycles. The van der Waals surface area contributed by atoms with Gasteiger partial charge in [-0.15, -0.1) is 0 Å². The zero-order valence-electron chi connectivity index (χ0n) is 22.7. The van der Waals surface area contributed by atoms with E-state index in [2.05, 4.69) is 19.7 Å². The van der Waals surface area contributed by atoms with E-state index in [1.807, 2.05) is 13.8 Å². The van der Waals surface area contributed by atoms with Crippen molar-refractivity contribution in [2.24, 2.45) is 0 Å². The molecule has 0 spiro atoms. The van der Waals surface area contributed by atoms with Crippen LogP contribution in [-0.2, 0) is 14.8 Å². The maximum absolute atomic E-state index is 15.3. The summed E-state index contributed by atoms with van der Waals surface area (Å²) in [5.41, 5.74) is 12.2. The molecule has 0 saturated heterocycles. The number of sulfonamides is 1. The lowest BCUT2D eigenvalue weighted by Gasteiger charge is -2.14. The van der Waals surface area contributed by atoms with E-state index in [0.717, 1.165) is 13.2 Å². The second-order valence-corrected chi connectivity index (χ2v) is 10.3. The molecule has 214 valence electrons. The Bertz CT molecular complexity index is 1600. The Hall–Kier alpha value is -4.10. The van der Waals surface area contributed by atoms with Crippen molar-refractivity contribution in [2.75, 3.05) is 42.3 Å². The van der Waals surface area contributed by atoms with Crippen molar-refractivity contribution in [3.63, 3.8) is 0 Å². The fourth-order valence-corrected chi connectivity index (χ4v) is 4.93. The number of hydrogen-bond acceptors (Lipinski definition) is 9. The van der Waals surface area contributed by atoms with Gasteiger partial charge in [-0.3, -0.25) is 4.72 Å². The lowest BCUT2D eigenvalue weighted by Crippen LogP contribution is -2.17. The highest BCUT2D eigenvalue weighted by Crippen LogP contribution is 2.37. The summed E-state index contributed by atoms with van der Waals surface area (Å²) in [6.45, 7) is 7.38. The van der Waals surface area contributed by atoms with Gasteiger partial charge < -0.3 is 20.9 Å². The maximum Gasteiger partial charge on any atom is 0.232 e. The number of pyridine rings is 1. The lowest BCUT2D eigenvalue weighted by atomic mass is 10.0. The lowest BCUT2D eigenvalue weighted by molar-refractivity contribution is 0.162. The minimum Gasteiger partial charge on any atom is -0.494 e. The summed E-state index contributed by atoms with van der Waals surface area (Å²) in [7, 11) is -2.30. The van der Waals surface area contributed by atoms with E-state index in [1.165, 1.54) is 43.5 Å². The van der Waals surface area contributed by atoms with Crippen LogP contribution in [-0.4, -0.2) is 49.4 Å². The number of aromatic nitrogens is 3. The quantitative estimate of drug-likeness (QED) is 0.234. The third-order valence-corrected chi connectivity index (χ3v) is 7.06. The number of nitrogens with two attached hydrogens (primary N) is 2. The number of rotatable bonds is 9. The van der Waals surface area contributed by atoms with Crippen LogP contribution in [0, 0.1) is 11.8 Å². The number of ether oxygens (including phenoxy) is 2. The molecule has 0 unspecified atom stereocenters. The van der Waals surface area contributed by atoms with Gasteiger partial charge in [0.05, 0.1) is 24.1 Å². The number of hydrogen-bond donors (Lipinski definition) is 3. The summed E-state index contributed by atoms with van der Waals surface area (Å²) in [5.74, 6) is -1.55. The molecule has 4 rings (SSSR count). The molecule has 5 N–H and O–H groups in total. The molecule has 0 fully saturated rings. The predicted molar refractivity (Wildman–Crippen MR) is 153 cm³/mol. The molecule has 0 aliphatic heterocycles. The Morgan fingerprint density at radius 3 is 2.27 bits per heavy atom. The summed E-state index contributed by atoms with van der Waals surface area (Å²) < 4.78 is 66.5. The first-order valence-corrected chi connectivity index (χ1v) is 14.1. The number of benzene rings is 2. The molecule has 4 aromatic rings. The zero-order valence-corrected chi connectivity index (χ0v) is 23.5. The zero-order chi connectivity index (χ0) is 29.4. The van der Waals surface area contributed by atoms with Crippen molar-refractivity contribution in [1.29, 1.82) is 0 Å². The highest BCUT2D eigenvalue weighted by atomic mass is 32.2. The van der Waals surface area contributed by atoms with Crippen LogP contribution in [0.4, 0.5) is 26.1 Å². The van der Waals surface area contributed by atoms with Gasteiger partial charge in [-0.2, -0.15) is 4.39 Å². The molecular formula is C27H32F2N6O4S. The Labute approximate surface area is 231 Å². The number of halogens is 2. The van der Waals surface area contributed by atoms with Crippen molar-refractivity contribution in [3.8, 4) is 28.3 Å². The third kappa shape index (κ3) is 7.10. The largest absolute Gasteiger partial charge is 0.494 e. The van der Waals surface area contributed by atoms with E-state index in [1.54, 1.807) is 13.0 Å². The van der Waals surface area contributed by atoms with E-state index in [-0.39, 0.29) is 51.3 Å². The second kappa shape index (κ2) is 13.3. The highest BCUT2D eigenvalue weighted by molar-refractivity contribution is 7.92. The SMILES string of the molecule is CCCS(=O)(=O)Nc1cccc(-c2cc(OC)c3nc(-c4ccc(N)nc4F)nc(N)c3c2)c1F.CCOCC. The summed E-state index contributed by atoms with van der Waals surface area (Å²) in [4.78, 5) is 12.2. The van der Waals surface area contributed by atoms with E-state index < -0.39 is 21.8 Å². The summed E-state index contributed by atoms with van der Waals surface area (Å²) in [6.07, 6.45) is 0.385. The molecule has 2 heterocycles. The molecule has 0 aliphatic rings. The van der Waals surface area contributed by atoms with Crippen LogP contribution in [0.5, 0.6) is 5.75 Å². The normalized spacial score (nSPS) is 11.2. The molecule has 10 nitrogen and oxygen atoms in total. The summed E-state index contributed by atoms with van der Waals surface area (Å²) >= 11 is 0. The van der Waals surface area contributed by atoms with Gasteiger partial charge in [0.2, 0.25) is 16.0 Å². The van der Waals surface area contributed by atoms with Gasteiger partial charge >= 0.3 is 0 Å². The molecule has 13 heteroatoms. The Morgan fingerprint density at radius 1 is 0.950 bits per heavy atom. The van der Waals surface area contributed by atoms with E-state index in [9.17, 15) is 12.8 Å². The van der Waals surface area contributed by atoms with E-state index in [4.69, 9.17) is 20.9 Å². The number of nitrogens with one attached hydrogen (secondary N) is 1. The van der Waals surface area contributed by atoms with Crippen molar-refractivity contribution in [2.45, 2.75) is 27.2 Å². The predicted octanol–water partition coefficient (Wildman–Crippen LogP) is 5.00. The molecule has 0 bridgehead atoms. The van der Waals surface area contributed by atoms with Gasteiger partial charge in [-0.05, 0) is 56.2 Å². The topological polar surface area (TPSA) is 155 Å². The first-order valence-electron chi connectivity index (χ1n) is 12.5. The Kier molecular flexibility index (Phi) is 10.1. The van der Waals surface area contributed by atoms with Crippen LogP contribution in [0.15, 0.2) is 42.5 Å². The standard InChI is InChI=1S/C23H22F2N6O3S.C4H10O/c1-3-9-35(32,33)31-16-6-4-5-13(19(16)24)12-10-15-20(17(11-12)34-2)29-23(30-22(15)27)14-7-8-18(26)28-21(14)25;1-3-5-4-2/h4-8,10-11,31H,3,9H2,1-2H3,(H2,26,28)(H2,27,29,30);3-4H2,1-2H3. The average molecular weight is 575 g/mol. The van der Waals surface area contributed by atoms with E-state index in [0.29, 0.717) is 17.4 Å². The third-order valence-electron chi connectivity index (χ3n) is 5.58. The molecule has 0 amide bonds. The van der Waals surface area contributed by atoms with Crippen LogP contribution >= 0.6 is 0 Å². The van der Waals surface area contributed by atoms with Crippen LogP contribution < -0.4 is 20.9 Å². The van der Waals surface area contributed by atoms with Gasteiger partial charge in [0.25, 0.3) is 0 Å². The smallest absolute Gasteiger partial charge is 0.232 e. The minimum absolute atomic E-state index is 0.00147. The fourth-order valence-electron chi connectivity index (χ4n) is 3.80. The molecule has 0 aliphatic carbocycles. The van der Waals surface area contributed by atoms with Gasteiger partial charge in [-0.25, -0.2) is 27.8 Å². The molecule has 40 heavy (non-hydrogen) atoms. The van der Waals surface area contributed by atoms with Gasteiger partial charge in [-0.1, -0.05) is 19.1 Å². The van der Waals surface area contributed by atoms with Crippen molar-refractivity contribution in [1.82, 2.24) is 15.0 Å². The fraction of sp³-hybridized carbons (Fsp3) is 0.296. The van der Waals surface area contributed by atoms with Crippen molar-refractivity contribution < 1.29 is 26.7 Å². The molecule has 2 aromatic carbocycles. The van der Waals surface area contributed by atoms with Crippen molar-refractivity contribution in [3.05, 3.63) is 54.2 Å². The monoisotopic (exact) mass is 574 g/mol. The number of nitrogen functional groups attached to an aromatic ring is 2. The second-order valence-electron chi connectivity index (χ2n) is 8.45. The number of methoxy groups -OCH3 is 1. The molecule has 2 aromatic heterocycles. The van der Waals surface area contributed by atoms with Crippen molar-refractivity contribution >= 4 is 38.2 Å². The number of nitrogens with zero attached hydrogens (tertiary/aromatic N) is 3. The van der Waals surface area contributed by atoms with Gasteiger partial charge in [0, 0.05) is 24.2 Å². The number of anilines is 3. The highest BCUT2D eigenvalue weighted by Gasteiger charge is 2.20. The summed E-state index contributed by atoms with van der Waals surface area (Å²) in [6, 6.07) is 10.2. The van der Waals surface area contributed by atoms with Gasteiger partial charge in [0.1, 0.15) is 22.9 Å². The van der Waals surface area contributed by atoms with E-state index >= 15 is 4.39 Å². The van der Waals surface area contributed by atoms with Gasteiger partial charge in [0.15, 0.2) is 11.6 Å². The molecule has 0 radical (unpaired) electrons. The van der Waals surface area contributed by atoms with Crippen LogP contribution in [0.3, 0.4) is 0 Å². The first kappa shape index (κ1) is 30.4. The average Bonchev–Trinajstić information content (AvgIpc) is 2.90. The molecular weight excluding hydrogens is 542 g/mol.